The molecule has 1 fully saturated rings. The third kappa shape index (κ3) is 3.92. The summed E-state index contributed by atoms with van der Waals surface area (Å²) in [6.45, 7) is 2.19. The van der Waals surface area contributed by atoms with Gasteiger partial charge in [0.2, 0.25) is 0 Å². The van der Waals surface area contributed by atoms with Crippen LogP contribution in [0.15, 0.2) is 48.5 Å². The van der Waals surface area contributed by atoms with Crippen molar-refractivity contribution in [1.82, 2.24) is 4.90 Å². The number of nitrogens with one attached hydrogen (secondary N) is 1. The van der Waals surface area contributed by atoms with Crippen LogP contribution in [0.5, 0.6) is 0 Å². The number of carbonyl (C=O) groups is 2. The quantitative estimate of drug-likeness (QED) is 0.887. The van der Waals surface area contributed by atoms with Gasteiger partial charge in [-0.3, -0.25) is 4.79 Å². The lowest BCUT2D eigenvalue weighted by Crippen LogP contribution is -2.48. The largest absolute Gasteiger partial charge is 0.465 e. The number of hydrogen-bond donors (Lipinski definition) is 2. The van der Waals surface area contributed by atoms with Gasteiger partial charge in [0.15, 0.2) is 0 Å². The molecule has 2 N–H and O–H groups in total. The van der Waals surface area contributed by atoms with Gasteiger partial charge in [-0.1, -0.05) is 0 Å². The van der Waals surface area contributed by atoms with E-state index in [-0.39, 0.29) is 5.91 Å². The third-order valence-electron chi connectivity index (χ3n) is 4.32. The topological polar surface area (TPSA) is 96.7 Å². The van der Waals surface area contributed by atoms with Gasteiger partial charge in [-0.15, -0.1) is 0 Å². The van der Waals surface area contributed by atoms with Crippen molar-refractivity contribution in [3.05, 3.63) is 59.7 Å². The van der Waals surface area contributed by atoms with E-state index in [2.05, 4.69) is 10.2 Å². The summed E-state index contributed by atoms with van der Waals surface area (Å²) in [6, 6.07) is 15.9. The fourth-order valence-electron chi connectivity index (χ4n) is 2.81. The van der Waals surface area contributed by atoms with Gasteiger partial charge in [-0.25, -0.2) is 4.79 Å². The molecule has 132 valence electrons. The Hall–Kier alpha value is -3.53. The van der Waals surface area contributed by atoms with Crippen LogP contribution in [0.25, 0.3) is 0 Å². The third-order valence-corrected chi connectivity index (χ3v) is 4.32. The summed E-state index contributed by atoms with van der Waals surface area (Å²) in [6.07, 6.45) is -0.889. The Bertz CT molecular complexity index is 833. The molecule has 1 saturated heterocycles. The first-order chi connectivity index (χ1) is 12.6. The van der Waals surface area contributed by atoms with Crippen LogP contribution in [0.3, 0.4) is 0 Å². The van der Waals surface area contributed by atoms with Gasteiger partial charge < -0.3 is 20.2 Å². The molecule has 2 aromatic rings. The molecular weight excluding hydrogens is 332 g/mol. The van der Waals surface area contributed by atoms with Crippen LogP contribution in [0.1, 0.15) is 15.9 Å². The summed E-state index contributed by atoms with van der Waals surface area (Å²) in [4.78, 5) is 26.8. The van der Waals surface area contributed by atoms with E-state index in [1.807, 2.05) is 18.2 Å². The van der Waals surface area contributed by atoms with Gasteiger partial charge in [0.1, 0.15) is 0 Å². The highest BCUT2D eigenvalue weighted by Gasteiger charge is 2.20. The average molecular weight is 350 g/mol. The molecule has 2 amide bonds. The van der Waals surface area contributed by atoms with E-state index in [0.717, 1.165) is 5.69 Å². The molecule has 0 radical (unpaired) electrons. The molecule has 0 atom stereocenters. The lowest BCUT2D eigenvalue weighted by Gasteiger charge is -2.34. The molecule has 1 aliphatic heterocycles. The van der Waals surface area contributed by atoms with Gasteiger partial charge in [0.25, 0.3) is 5.91 Å². The monoisotopic (exact) mass is 350 g/mol. The first kappa shape index (κ1) is 17.3. The predicted octanol–water partition coefficient (Wildman–Crippen LogP) is 2.61. The predicted molar refractivity (Wildman–Crippen MR) is 97.4 cm³/mol. The van der Waals surface area contributed by atoms with Crippen LogP contribution in [-0.2, 0) is 0 Å². The van der Waals surface area contributed by atoms with Gasteiger partial charge in [-0.05, 0) is 48.5 Å². The smallest absolute Gasteiger partial charge is 0.407 e. The van der Waals surface area contributed by atoms with Crippen molar-refractivity contribution in [3.8, 4) is 6.07 Å². The number of anilines is 2. The highest BCUT2D eigenvalue weighted by Crippen LogP contribution is 2.18. The van der Waals surface area contributed by atoms with Crippen molar-refractivity contribution in [3.63, 3.8) is 0 Å². The lowest BCUT2D eigenvalue weighted by molar-refractivity contribution is 0.102. The summed E-state index contributed by atoms with van der Waals surface area (Å²) in [5.41, 5.74) is 2.66. The average Bonchev–Trinajstić information content (AvgIpc) is 2.69. The Balaban J connectivity index is 1.61. The lowest BCUT2D eigenvalue weighted by atomic mass is 10.1. The number of carboxylic acid groups (broad SMARTS) is 1. The molecule has 7 heteroatoms. The minimum atomic E-state index is -0.889. The van der Waals surface area contributed by atoms with Crippen LogP contribution < -0.4 is 10.2 Å². The molecule has 0 saturated carbocycles. The van der Waals surface area contributed by atoms with Crippen LogP contribution in [0.2, 0.25) is 0 Å². The van der Waals surface area contributed by atoms with Crippen molar-refractivity contribution < 1.29 is 14.7 Å². The molecule has 0 aliphatic carbocycles. The van der Waals surface area contributed by atoms with Crippen molar-refractivity contribution in [2.75, 3.05) is 36.4 Å². The van der Waals surface area contributed by atoms with Crippen molar-refractivity contribution >= 4 is 23.4 Å². The second-order valence-corrected chi connectivity index (χ2v) is 5.95. The highest BCUT2D eigenvalue weighted by molar-refractivity contribution is 6.04. The van der Waals surface area contributed by atoms with Crippen molar-refractivity contribution in [1.29, 1.82) is 5.26 Å². The Morgan fingerprint density at radius 1 is 0.962 bits per heavy atom. The van der Waals surface area contributed by atoms with Crippen LogP contribution >= 0.6 is 0 Å². The zero-order valence-corrected chi connectivity index (χ0v) is 14.1. The van der Waals surface area contributed by atoms with Gasteiger partial charge in [-0.2, -0.15) is 5.26 Å². The Labute approximate surface area is 151 Å². The second kappa shape index (κ2) is 7.57. The van der Waals surface area contributed by atoms with E-state index in [9.17, 15) is 9.59 Å². The summed E-state index contributed by atoms with van der Waals surface area (Å²) >= 11 is 0. The van der Waals surface area contributed by atoms with Crippen molar-refractivity contribution in [2.24, 2.45) is 0 Å². The highest BCUT2D eigenvalue weighted by atomic mass is 16.4. The number of amides is 2. The number of nitriles is 1. The molecule has 2 aromatic carbocycles. The van der Waals surface area contributed by atoms with E-state index in [1.54, 1.807) is 36.4 Å². The van der Waals surface area contributed by atoms with E-state index in [0.29, 0.717) is 43.0 Å². The second-order valence-electron chi connectivity index (χ2n) is 5.95. The molecule has 3 rings (SSSR count). The van der Waals surface area contributed by atoms with E-state index in [4.69, 9.17) is 10.4 Å². The molecule has 0 aromatic heterocycles. The molecule has 1 aliphatic rings. The van der Waals surface area contributed by atoms with Crippen molar-refractivity contribution in [2.45, 2.75) is 0 Å². The number of nitrogens with zero attached hydrogens (tertiary/aromatic N) is 3. The van der Waals surface area contributed by atoms with Crippen LogP contribution in [0.4, 0.5) is 16.2 Å². The number of carbonyl (C=O) groups excluding carboxylic acids is 1. The van der Waals surface area contributed by atoms with E-state index < -0.39 is 6.09 Å². The molecular formula is C19H18N4O3. The summed E-state index contributed by atoms with van der Waals surface area (Å²) in [5, 5.41) is 20.6. The maximum atomic E-state index is 12.3. The molecule has 26 heavy (non-hydrogen) atoms. The Morgan fingerprint density at radius 2 is 1.58 bits per heavy atom. The zero-order chi connectivity index (χ0) is 18.5. The SMILES string of the molecule is N#Cc1ccc(NC(=O)c2ccc(N3CCN(C(=O)O)CC3)cc2)cc1. The van der Waals surface area contributed by atoms with Crippen LogP contribution in [-0.4, -0.2) is 48.2 Å². The minimum absolute atomic E-state index is 0.225. The fourth-order valence-corrected chi connectivity index (χ4v) is 2.81. The maximum absolute atomic E-state index is 12.3. The molecule has 0 spiro atoms. The number of hydrogen-bond acceptors (Lipinski definition) is 4. The summed E-state index contributed by atoms with van der Waals surface area (Å²) in [5.74, 6) is -0.225. The molecule has 0 unspecified atom stereocenters. The molecule has 7 nitrogen and oxygen atoms in total. The van der Waals surface area contributed by atoms with Crippen LogP contribution in [0, 0.1) is 11.3 Å². The molecule has 0 bridgehead atoms. The number of piperazine rings is 1. The number of rotatable bonds is 3. The minimum Gasteiger partial charge on any atom is -0.465 e. The van der Waals surface area contributed by atoms with Gasteiger partial charge >= 0.3 is 6.09 Å². The Morgan fingerprint density at radius 3 is 2.12 bits per heavy atom. The Kier molecular flexibility index (Phi) is 5.04. The first-order valence-corrected chi connectivity index (χ1v) is 8.21. The van der Waals surface area contributed by atoms with Gasteiger partial charge in [0.05, 0.1) is 11.6 Å². The first-order valence-electron chi connectivity index (χ1n) is 8.21. The molecule has 1 heterocycles. The van der Waals surface area contributed by atoms with E-state index >= 15 is 0 Å². The normalized spacial score (nSPS) is 13.8. The summed E-state index contributed by atoms with van der Waals surface area (Å²) in [7, 11) is 0. The number of benzene rings is 2. The zero-order valence-electron chi connectivity index (χ0n) is 14.1. The summed E-state index contributed by atoms with van der Waals surface area (Å²) < 4.78 is 0. The van der Waals surface area contributed by atoms with Gasteiger partial charge in [0, 0.05) is 43.1 Å². The maximum Gasteiger partial charge on any atom is 0.407 e. The standard InChI is InChI=1S/C19H18N4O3/c20-13-14-1-5-16(6-2-14)21-18(24)15-3-7-17(8-4-15)22-9-11-23(12-10-22)19(25)26/h1-8H,9-12H2,(H,21,24)(H,25,26). The fraction of sp³-hybridized carbons (Fsp3) is 0.211. The van der Waals surface area contributed by atoms with E-state index in [1.165, 1.54) is 4.90 Å².